The second kappa shape index (κ2) is 8.26. The first kappa shape index (κ1) is 16.1. The predicted octanol–water partition coefficient (Wildman–Crippen LogP) is 3.41. The van der Waals surface area contributed by atoms with Gasteiger partial charge in [-0.25, -0.2) is 9.37 Å². The molecule has 0 saturated heterocycles. The van der Waals surface area contributed by atoms with Gasteiger partial charge < -0.3 is 14.5 Å². The SMILES string of the molecule is COCCNCCCc1ncc(-c2ccc(F)cc2Br)o1. The van der Waals surface area contributed by atoms with Gasteiger partial charge in [0.05, 0.1) is 12.8 Å². The van der Waals surface area contributed by atoms with Crippen molar-refractivity contribution < 1.29 is 13.5 Å². The molecule has 0 aliphatic carbocycles. The highest BCUT2D eigenvalue weighted by molar-refractivity contribution is 9.10. The van der Waals surface area contributed by atoms with Crippen LogP contribution in [0.25, 0.3) is 11.3 Å². The molecule has 0 bridgehead atoms. The third kappa shape index (κ3) is 4.91. The van der Waals surface area contributed by atoms with E-state index in [0.717, 1.165) is 31.5 Å². The van der Waals surface area contributed by atoms with E-state index >= 15 is 0 Å². The molecule has 0 atom stereocenters. The van der Waals surface area contributed by atoms with E-state index in [-0.39, 0.29) is 5.82 Å². The van der Waals surface area contributed by atoms with Gasteiger partial charge in [-0.1, -0.05) is 0 Å². The van der Waals surface area contributed by atoms with Gasteiger partial charge in [-0.15, -0.1) is 0 Å². The van der Waals surface area contributed by atoms with Crippen molar-refractivity contribution in [3.63, 3.8) is 0 Å². The van der Waals surface area contributed by atoms with E-state index in [1.165, 1.54) is 12.1 Å². The summed E-state index contributed by atoms with van der Waals surface area (Å²) in [6.45, 7) is 2.44. The Kier molecular flexibility index (Phi) is 6.35. The van der Waals surface area contributed by atoms with Crippen LogP contribution in [0.15, 0.2) is 33.3 Å². The van der Waals surface area contributed by atoms with Crippen molar-refractivity contribution >= 4 is 15.9 Å². The third-order valence-corrected chi connectivity index (χ3v) is 3.63. The van der Waals surface area contributed by atoms with Crippen molar-refractivity contribution in [1.82, 2.24) is 10.3 Å². The van der Waals surface area contributed by atoms with Crippen molar-refractivity contribution in [2.45, 2.75) is 12.8 Å². The molecular formula is C15H18BrFN2O2. The first-order chi connectivity index (χ1) is 10.2. The maximum Gasteiger partial charge on any atom is 0.194 e. The quantitative estimate of drug-likeness (QED) is 0.736. The Hall–Kier alpha value is -1.24. The molecule has 2 aromatic rings. The predicted molar refractivity (Wildman–Crippen MR) is 82.7 cm³/mol. The summed E-state index contributed by atoms with van der Waals surface area (Å²) >= 11 is 3.33. The van der Waals surface area contributed by atoms with Crippen LogP contribution in [0.4, 0.5) is 4.39 Å². The molecule has 21 heavy (non-hydrogen) atoms. The van der Waals surface area contributed by atoms with Gasteiger partial charge in [0.1, 0.15) is 5.82 Å². The molecular weight excluding hydrogens is 339 g/mol. The number of nitrogens with one attached hydrogen (secondary N) is 1. The van der Waals surface area contributed by atoms with Crippen LogP contribution in [0.1, 0.15) is 12.3 Å². The van der Waals surface area contributed by atoms with Crippen LogP contribution in [-0.4, -0.2) is 31.8 Å². The fraction of sp³-hybridized carbons (Fsp3) is 0.400. The molecule has 1 aromatic heterocycles. The van der Waals surface area contributed by atoms with Crippen LogP contribution in [-0.2, 0) is 11.2 Å². The van der Waals surface area contributed by atoms with Crippen LogP contribution in [0, 0.1) is 5.82 Å². The van der Waals surface area contributed by atoms with Gasteiger partial charge in [0.2, 0.25) is 0 Å². The number of rotatable bonds is 8. The van der Waals surface area contributed by atoms with Gasteiger partial charge in [-0.2, -0.15) is 0 Å². The summed E-state index contributed by atoms with van der Waals surface area (Å²) in [5, 5.41) is 3.27. The Bertz CT molecular complexity index is 575. The molecule has 2 rings (SSSR count). The lowest BCUT2D eigenvalue weighted by Crippen LogP contribution is -2.20. The minimum Gasteiger partial charge on any atom is -0.441 e. The van der Waals surface area contributed by atoms with E-state index in [9.17, 15) is 4.39 Å². The molecule has 1 heterocycles. The van der Waals surface area contributed by atoms with Gasteiger partial charge in [-0.05, 0) is 47.1 Å². The summed E-state index contributed by atoms with van der Waals surface area (Å²) in [6.07, 6.45) is 3.37. The molecule has 0 aliphatic rings. The lowest BCUT2D eigenvalue weighted by Gasteiger charge is -2.02. The number of benzene rings is 1. The molecule has 1 N–H and O–H groups in total. The zero-order valence-corrected chi connectivity index (χ0v) is 13.5. The Morgan fingerprint density at radius 3 is 3.00 bits per heavy atom. The molecule has 0 amide bonds. The fourth-order valence-corrected chi connectivity index (χ4v) is 2.45. The van der Waals surface area contributed by atoms with Gasteiger partial charge in [0, 0.05) is 30.1 Å². The van der Waals surface area contributed by atoms with Crippen LogP contribution < -0.4 is 5.32 Å². The third-order valence-electron chi connectivity index (χ3n) is 2.98. The van der Waals surface area contributed by atoms with E-state index in [0.29, 0.717) is 22.7 Å². The second-order valence-electron chi connectivity index (χ2n) is 4.59. The van der Waals surface area contributed by atoms with E-state index in [4.69, 9.17) is 9.15 Å². The first-order valence-electron chi connectivity index (χ1n) is 6.80. The monoisotopic (exact) mass is 356 g/mol. The second-order valence-corrected chi connectivity index (χ2v) is 5.44. The largest absolute Gasteiger partial charge is 0.441 e. The van der Waals surface area contributed by atoms with Gasteiger partial charge in [0.15, 0.2) is 11.7 Å². The molecule has 1 aromatic carbocycles. The number of methoxy groups -OCH3 is 1. The molecule has 4 nitrogen and oxygen atoms in total. The lowest BCUT2D eigenvalue weighted by atomic mass is 10.2. The molecule has 0 saturated carbocycles. The number of aryl methyl sites for hydroxylation is 1. The van der Waals surface area contributed by atoms with E-state index in [1.54, 1.807) is 19.4 Å². The number of oxazole rings is 1. The van der Waals surface area contributed by atoms with Crippen molar-refractivity contribution in [3.05, 3.63) is 40.6 Å². The normalized spacial score (nSPS) is 11.0. The van der Waals surface area contributed by atoms with Crippen molar-refractivity contribution in [1.29, 1.82) is 0 Å². The minimum atomic E-state index is -0.285. The molecule has 6 heteroatoms. The Morgan fingerprint density at radius 1 is 1.38 bits per heavy atom. The molecule has 0 aliphatic heterocycles. The van der Waals surface area contributed by atoms with Gasteiger partial charge >= 0.3 is 0 Å². The van der Waals surface area contributed by atoms with Crippen LogP contribution in [0.5, 0.6) is 0 Å². The molecule has 0 radical (unpaired) electrons. The summed E-state index contributed by atoms with van der Waals surface area (Å²) in [5.41, 5.74) is 0.799. The topological polar surface area (TPSA) is 47.3 Å². The standard InChI is InChI=1S/C15H18BrFN2O2/c1-20-8-7-18-6-2-3-15-19-10-14(21-15)12-5-4-11(17)9-13(12)16/h4-5,9-10,18H,2-3,6-8H2,1H3. The molecule has 0 fully saturated rings. The Labute approximate surface area is 131 Å². The van der Waals surface area contributed by atoms with Crippen molar-refractivity contribution in [2.24, 2.45) is 0 Å². The molecule has 0 spiro atoms. The van der Waals surface area contributed by atoms with Crippen LogP contribution >= 0.6 is 15.9 Å². The summed E-state index contributed by atoms with van der Waals surface area (Å²) in [5.74, 6) is 1.05. The molecule has 0 unspecified atom stereocenters. The van der Waals surface area contributed by atoms with Crippen molar-refractivity contribution in [2.75, 3.05) is 26.8 Å². The summed E-state index contributed by atoms with van der Waals surface area (Å²) < 4.78 is 24.4. The average molecular weight is 357 g/mol. The summed E-state index contributed by atoms with van der Waals surface area (Å²) in [6, 6.07) is 4.50. The van der Waals surface area contributed by atoms with Gasteiger partial charge in [0.25, 0.3) is 0 Å². The highest BCUT2D eigenvalue weighted by Gasteiger charge is 2.10. The highest BCUT2D eigenvalue weighted by atomic mass is 79.9. The number of nitrogens with zero attached hydrogens (tertiary/aromatic N) is 1. The van der Waals surface area contributed by atoms with Crippen molar-refractivity contribution in [3.8, 4) is 11.3 Å². The zero-order valence-electron chi connectivity index (χ0n) is 11.9. The van der Waals surface area contributed by atoms with E-state index in [1.807, 2.05) is 0 Å². The van der Waals surface area contributed by atoms with E-state index < -0.39 is 0 Å². The number of halogens is 2. The van der Waals surface area contributed by atoms with Crippen LogP contribution in [0.3, 0.4) is 0 Å². The number of hydrogen-bond acceptors (Lipinski definition) is 4. The smallest absolute Gasteiger partial charge is 0.194 e. The number of ether oxygens (including phenoxy) is 1. The lowest BCUT2D eigenvalue weighted by molar-refractivity contribution is 0.199. The van der Waals surface area contributed by atoms with Gasteiger partial charge in [-0.3, -0.25) is 0 Å². The number of hydrogen-bond donors (Lipinski definition) is 1. The maximum atomic E-state index is 13.1. The molecule has 114 valence electrons. The zero-order chi connectivity index (χ0) is 15.1. The van der Waals surface area contributed by atoms with E-state index in [2.05, 4.69) is 26.2 Å². The minimum absolute atomic E-state index is 0.285. The van der Waals surface area contributed by atoms with Crippen LogP contribution in [0.2, 0.25) is 0 Å². The summed E-state index contributed by atoms with van der Waals surface area (Å²) in [4.78, 5) is 4.26. The highest BCUT2D eigenvalue weighted by Crippen LogP contribution is 2.29. The number of aromatic nitrogens is 1. The first-order valence-corrected chi connectivity index (χ1v) is 7.60. The summed E-state index contributed by atoms with van der Waals surface area (Å²) in [7, 11) is 1.68. The fourth-order valence-electron chi connectivity index (χ4n) is 1.90. The maximum absolute atomic E-state index is 13.1. The average Bonchev–Trinajstić information content (AvgIpc) is 2.91. The Morgan fingerprint density at radius 2 is 2.24 bits per heavy atom. The Balaban J connectivity index is 1.86.